The average molecular weight is 805 g/mol. The molecule has 46 heavy (non-hydrogen) atoms. The van der Waals surface area contributed by atoms with Crippen molar-refractivity contribution in [3.05, 3.63) is 115 Å². The number of nitrogens with zero attached hydrogens (tertiary/aromatic N) is 1. The number of pyridine rings is 1. The molecule has 1 aliphatic rings. The third-order valence-electron chi connectivity index (χ3n) is 7.79. The molecule has 0 fully saturated rings. The number of allylic oxidation sites excluding steroid dienone is 2. The first-order valence-corrected chi connectivity index (χ1v) is 16.7. The second kappa shape index (κ2) is 15.9. The molecular formula is C41H42IrNO2S-. The Labute approximate surface area is 291 Å². The summed E-state index contributed by atoms with van der Waals surface area (Å²) < 4.78 is 0. The zero-order valence-electron chi connectivity index (χ0n) is 27.4. The van der Waals surface area contributed by atoms with Crippen LogP contribution in [0.5, 0.6) is 0 Å². The van der Waals surface area contributed by atoms with Crippen LogP contribution in [0.15, 0.2) is 113 Å². The Kier molecular flexibility index (Phi) is 12.2. The number of hydrogen-bond donors (Lipinski definition) is 1. The van der Waals surface area contributed by atoms with Gasteiger partial charge in [0.15, 0.2) is 5.78 Å². The molecule has 0 spiro atoms. The maximum absolute atomic E-state index is 11.2. The Morgan fingerprint density at radius 2 is 1.46 bits per heavy atom. The van der Waals surface area contributed by atoms with Crippen molar-refractivity contribution in [1.82, 2.24) is 4.98 Å². The number of ketones is 1. The van der Waals surface area contributed by atoms with Gasteiger partial charge in [-0.2, -0.15) is 0 Å². The van der Waals surface area contributed by atoms with Crippen LogP contribution in [0.25, 0.3) is 44.3 Å². The largest absolute Gasteiger partial charge is 0.512 e. The molecule has 2 heterocycles. The Morgan fingerprint density at radius 1 is 0.804 bits per heavy atom. The molecular weight excluding hydrogens is 763 g/mol. The fraction of sp³-hybridized carbons (Fsp3) is 0.268. The molecule has 1 aliphatic heterocycles. The van der Waals surface area contributed by atoms with Gasteiger partial charge in [-0.15, -0.1) is 35.5 Å². The van der Waals surface area contributed by atoms with E-state index in [1.54, 1.807) is 0 Å². The molecule has 0 unspecified atom stereocenters. The second-order valence-electron chi connectivity index (χ2n) is 12.9. The molecule has 239 valence electrons. The van der Waals surface area contributed by atoms with E-state index in [0.29, 0.717) is 30.6 Å². The van der Waals surface area contributed by atoms with Gasteiger partial charge in [0.2, 0.25) is 0 Å². The maximum Gasteiger partial charge on any atom is 0.159 e. The van der Waals surface area contributed by atoms with Crippen molar-refractivity contribution in [2.75, 3.05) is 0 Å². The van der Waals surface area contributed by atoms with Crippen LogP contribution in [0.2, 0.25) is 0 Å². The number of hydrogen-bond acceptors (Lipinski definition) is 4. The van der Waals surface area contributed by atoms with E-state index in [4.69, 9.17) is 4.98 Å². The van der Waals surface area contributed by atoms with E-state index in [9.17, 15) is 9.90 Å². The van der Waals surface area contributed by atoms with Crippen molar-refractivity contribution in [2.24, 2.45) is 11.8 Å². The summed E-state index contributed by atoms with van der Waals surface area (Å²) in [5.41, 5.74) is 8.44. The van der Waals surface area contributed by atoms with E-state index >= 15 is 0 Å². The molecule has 6 rings (SSSR count). The summed E-state index contributed by atoms with van der Waals surface area (Å²) in [4.78, 5) is 18.5. The Balaban J connectivity index is 0.000000295. The monoisotopic (exact) mass is 805 g/mol. The predicted molar refractivity (Wildman–Crippen MR) is 190 cm³/mol. The van der Waals surface area contributed by atoms with Gasteiger partial charge in [0.1, 0.15) is 0 Å². The van der Waals surface area contributed by atoms with Crippen molar-refractivity contribution in [2.45, 2.75) is 70.1 Å². The molecule has 1 radical (unpaired) electrons. The molecule has 3 nitrogen and oxygen atoms in total. The Morgan fingerprint density at radius 3 is 2.13 bits per heavy atom. The predicted octanol–water partition coefficient (Wildman–Crippen LogP) is 11.7. The smallest absolute Gasteiger partial charge is 0.159 e. The quantitative estimate of drug-likeness (QED) is 0.0992. The summed E-state index contributed by atoms with van der Waals surface area (Å²) in [5.74, 6) is 1.46. The number of aliphatic hydroxyl groups excluding tert-OH is 1. The van der Waals surface area contributed by atoms with Crippen LogP contribution in [-0.4, -0.2) is 15.9 Å². The van der Waals surface area contributed by atoms with E-state index in [0.717, 1.165) is 11.3 Å². The van der Waals surface area contributed by atoms with Gasteiger partial charge in [0.05, 0.1) is 5.76 Å². The van der Waals surface area contributed by atoms with Crippen LogP contribution in [-0.2, 0) is 24.9 Å². The van der Waals surface area contributed by atoms with E-state index in [2.05, 4.69) is 105 Å². The summed E-state index contributed by atoms with van der Waals surface area (Å²) in [5, 5.41) is 11.7. The molecule has 1 N–H and O–H groups in total. The van der Waals surface area contributed by atoms with Gasteiger partial charge >= 0.3 is 0 Å². The summed E-state index contributed by atoms with van der Waals surface area (Å²) in [6.07, 6.45) is 4.37. The van der Waals surface area contributed by atoms with Crippen LogP contribution in [0.3, 0.4) is 0 Å². The summed E-state index contributed by atoms with van der Waals surface area (Å²) in [6, 6.07) is 34.2. The molecule has 0 saturated carbocycles. The van der Waals surface area contributed by atoms with E-state index in [-0.39, 0.29) is 31.6 Å². The second-order valence-corrected chi connectivity index (χ2v) is 13.9. The number of fused-ring (bicyclic) bond motifs is 6. The first-order chi connectivity index (χ1) is 21.6. The Hall–Kier alpha value is -3.50. The number of carbonyl (C=O) groups is 1. The van der Waals surface area contributed by atoms with Gasteiger partial charge in [-0.25, -0.2) is 0 Å². The van der Waals surface area contributed by atoms with Gasteiger partial charge in [0.25, 0.3) is 0 Å². The van der Waals surface area contributed by atoms with Crippen LogP contribution in [0.4, 0.5) is 0 Å². The third kappa shape index (κ3) is 8.45. The summed E-state index contributed by atoms with van der Waals surface area (Å²) in [6.45, 7) is 12.5. The Bertz CT molecular complexity index is 1860. The zero-order valence-corrected chi connectivity index (χ0v) is 30.6. The SMILES string of the molecule is CC(C)CC(=O)/C=C(\O)CC(C)C.CC(C)c1ccc2ccnc(-c3[c-]cc4c(c3)-c3ccccc3-c3ccccc3S4)c2c1.[Ir]. The van der Waals surface area contributed by atoms with Gasteiger partial charge in [0, 0.05) is 50.1 Å². The molecule has 0 bridgehead atoms. The molecule has 0 saturated heterocycles. The van der Waals surface area contributed by atoms with E-state index < -0.39 is 0 Å². The van der Waals surface area contributed by atoms with Crippen LogP contribution < -0.4 is 0 Å². The van der Waals surface area contributed by atoms with Crippen molar-refractivity contribution in [3.63, 3.8) is 0 Å². The minimum absolute atomic E-state index is 0. The third-order valence-corrected chi connectivity index (χ3v) is 8.93. The zero-order chi connectivity index (χ0) is 32.1. The van der Waals surface area contributed by atoms with Gasteiger partial charge in [-0.3, -0.25) is 4.79 Å². The number of benzene rings is 4. The number of aromatic nitrogens is 1. The molecule has 4 aromatic carbocycles. The number of aliphatic hydroxyl groups is 1. The molecule has 5 aromatic rings. The van der Waals surface area contributed by atoms with E-state index in [1.807, 2.05) is 45.7 Å². The fourth-order valence-electron chi connectivity index (χ4n) is 5.64. The van der Waals surface area contributed by atoms with Gasteiger partial charge < -0.3 is 10.1 Å². The van der Waals surface area contributed by atoms with Crippen molar-refractivity contribution in [3.8, 4) is 33.5 Å². The molecule has 0 aliphatic carbocycles. The standard InChI is InChI=1S/C30H22NS.C11H20O2.Ir/c1-19(2)21-12-11-20-15-16-31-30(26(20)17-21)22-13-14-29-27(18-22)24-8-4-3-7-23(24)25-9-5-6-10-28(25)32-29;1-8(2)5-10(12)7-11(13)6-9(3)4;/h3-12,14-19H,1-2H3;7-9,12H,5-6H2,1-4H3;/q-1;;/b;10-7-;. The van der Waals surface area contributed by atoms with Crippen molar-refractivity contribution >= 4 is 28.3 Å². The van der Waals surface area contributed by atoms with E-state index in [1.165, 1.54) is 54.5 Å². The summed E-state index contributed by atoms with van der Waals surface area (Å²) >= 11 is 1.82. The van der Waals surface area contributed by atoms with Crippen molar-refractivity contribution in [1.29, 1.82) is 0 Å². The van der Waals surface area contributed by atoms with Crippen LogP contribution in [0, 0.1) is 17.9 Å². The van der Waals surface area contributed by atoms with Crippen LogP contribution in [0.1, 0.15) is 65.9 Å². The van der Waals surface area contributed by atoms with Crippen molar-refractivity contribution < 1.29 is 30.0 Å². The van der Waals surface area contributed by atoms with Gasteiger partial charge in [-0.05, 0) is 68.6 Å². The summed E-state index contributed by atoms with van der Waals surface area (Å²) in [7, 11) is 0. The fourth-order valence-corrected chi connectivity index (χ4v) is 6.71. The number of carbonyl (C=O) groups excluding carboxylic acids is 1. The number of rotatable bonds is 7. The van der Waals surface area contributed by atoms with Crippen LogP contribution >= 0.6 is 11.8 Å². The molecule has 0 amide bonds. The topological polar surface area (TPSA) is 50.2 Å². The minimum atomic E-state index is 0. The molecule has 1 aromatic heterocycles. The van der Waals surface area contributed by atoms with Gasteiger partial charge in [-0.1, -0.05) is 113 Å². The normalized spacial score (nSPS) is 12.1. The molecule has 5 heteroatoms. The average Bonchev–Trinajstić information content (AvgIpc) is 3.14. The minimum Gasteiger partial charge on any atom is -0.512 e. The molecule has 0 atom stereocenters. The first-order valence-electron chi connectivity index (χ1n) is 15.8. The maximum atomic E-state index is 11.2. The first kappa shape index (κ1) is 35.4.